The van der Waals surface area contributed by atoms with Crippen LogP contribution < -0.4 is 9.62 Å². The molecular formula is C19H26N2O4S2. The van der Waals surface area contributed by atoms with Gasteiger partial charge in [0.25, 0.3) is 0 Å². The Morgan fingerprint density at radius 3 is 2.52 bits per heavy atom. The zero-order valence-corrected chi connectivity index (χ0v) is 17.5. The van der Waals surface area contributed by atoms with E-state index in [4.69, 9.17) is 4.42 Å². The second kappa shape index (κ2) is 9.85. The van der Waals surface area contributed by atoms with E-state index in [-0.39, 0.29) is 12.5 Å². The topological polar surface area (TPSA) is 79.6 Å². The number of benzene rings is 1. The van der Waals surface area contributed by atoms with Gasteiger partial charge in [-0.25, -0.2) is 8.42 Å². The van der Waals surface area contributed by atoms with Crippen molar-refractivity contribution in [2.45, 2.75) is 26.0 Å². The molecule has 0 aliphatic heterocycles. The van der Waals surface area contributed by atoms with Gasteiger partial charge < -0.3 is 9.73 Å². The van der Waals surface area contributed by atoms with E-state index in [1.807, 2.05) is 32.0 Å². The number of carbonyl (C=O) groups excluding carboxylic acids is 1. The summed E-state index contributed by atoms with van der Waals surface area (Å²) in [5.74, 6) is 2.31. The van der Waals surface area contributed by atoms with Crippen molar-refractivity contribution in [2.75, 3.05) is 29.4 Å². The van der Waals surface area contributed by atoms with Gasteiger partial charge >= 0.3 is 0 Å². The molecule has 2 aromatic rings. The molecule has 2 rings (SSSR count). The Labute approximate surface area is 165 Å². The number of nitrogens with one attached hydrogen (secondary N) is 1. The first kappa shape index (κ1) is 21.4. The number of anilines is 1. The van der Waals surface area contributed by atoms with Crippen LogP contribution in [0.4, 0.5) is 5.69 Å². The lowest BCUT2D eigenvalue weighted by molar-refractivity contribution is -0.119. The molecule has 8 heteroatoms. The second-order valence-corrected chi connectivity index (χ2v) is 9.46. The quantitative estimate of drug-likeness (QED) is 0.609. The Bertz CT molecular complexity index is 828. The molecule has 1 heterocycles. The van der Waals surface area contributed by atoms with Gasteiger partial charge in [-0.3, -0.25) is 9.10 Å². The van der Waals surface area contributed by atoms with Crippen molar-refractivity contribution in [1.29, 1.82) is 0 Å². The molecule has 0 spiro atoms. The fraction of sp³-hybridized carbons (Fsp3) is 0.421. The molecule has 6 nitrogen and oxygen atoms in total. The Morgan fingerprint density at radius 1 is 1.22 bits per heavy atom. The van der Waals surface area contributed by atoms with E-state index in [2.05, 4.69) is 5.32 Å². The van der Waals surface area contributed by atoms with Crippen LogP contribution in [0.3, 0.4) is 0 Å². The monoisotopic (exact) mass is 410 g/mol. The van der Waals surface area contributed by atoms with Gasteiger partial charge in [0.2, 0.25) is 15.9 Å². The molecule has 0 fully saturated rings. The van der Waals surface area contributed by atoms with Crippen molar-refractivity contribution in [1.82, 2.24) is 5.32 Å². The summed E-state index contributed by atoms with van der Waals surface area (Å²) in [7, 11) is -3.55. The lowest BCUT2D eigenvalue weighted by Crippen LogP contribution is -2.40. The Hall–Kier alpha value is -1.93. The van der Waals surface area contributed by atoms with Crippen LogP contribution in [-0.4, -0.2) is 39.4 Å². The summed E-state index contributed by atoms with van der Waals surface area (Å²) in [5, 5.41) is 2.80. The van der Waals surface area contributed by atoms with Crippen LogP contribution in [0.2, 0.25) is 0 Å². The molecule has 0 saturated heterocycles. The lowest BCUT2D eigenvalue weighted by Gasteiger charge is -2.22. The predicted octanol–water partition coefficient (Wildman–Crippen LogP) is 3.10. The highest BCUT2D eigenvalue weighted by Gasteiger charge is 2.21. The van der Waals surface area contributed by atoms with Crippen molar-refractivity contribution in [3.63, 3.8) is 0 Å². The first-order chi connectivity index (χ1) is 12.8. The van der Waals surface area contributed by atoms with Crippen molar-refractivity contribution in [3.05, 3.63) is 53.5 Å². The van der Waals surface area contributed by atoms with Gasteiger partial charge in [0.1, 0.15) is 12.3 Å². The number of nitrogens with zero attached hydrogens (tertiary/aromatic N) is 1. The minimum atomic E-state index is -3.55. The Morgan fingerprint density at radius 2 is 1.93 bits per heavy atom. The maximum absolute atomic E-state index is 12.2. The summed E-state index contributed by atoms with van der Waals surface area (Å²) in [6.45, 7) is 4.09. The third-order valence-corrected chi connectivity index (χ3v) is 6.00. The fourth-order valence-corrected chi connectivity index (χ4v) is 4.35. The maximum atomic E-state index is 12.2. The van der Waals surface area contributed by atoms with Crippen LogP contribution in [0.5, 0.6) is 0 Å². The number of rotatable bonds is 10. The molecule has 0 bridgehead atoms. The van der Waals surface area contributed by atoms with Crippen LogP contribution >= 0.6 is 11.8 Å². The number of aryl methyl sites for hydroxylation is 2. The lowest BCUT2D eigenvalue weighted by atomic mass is 10.1. The summed E-state index contributed by atoms with van der Waals surface area (Å²) < 4.78 is 30.7. The summed E-state index contributed by atoms with van der Waals surface area (Å²) in [6.07, 6.45) is 3.57. The predicted molar refractivity (Wildman–Crippen MR) is 111 cm³/mol. The minimum absolute atomic E-state index is 0.221. The zero-order chi connectivity index (χ0) is 19.9. The zero-order valence-electron chi connectivity index (χ0n) is 15.9. The highest BCUT2D eigenvalue weighted by molar-refractivity contribution is 7.98. The van der Waals surface area contributed by atoms with E-state index in [1.54, 1.807) is 30.2 Å². The van der Waals surface area contributed by atoms with E-state index >= 15 is 0 Å². The first-order valence-electron chi connectivity index (χ1n) is 8.68. The molecule has 27 heavy (non-hydrogen) atoms. The molecule has 0 saturated carbocycles. The van der Waals surface area contributed by atoms with Crippen LogP contribution in [-0.2, 0) is 20.6 Å². The second-order valence-electron chi connectivity index (χ2n) is 6.45. The number of thioether (sulfide) groups is 1. The third kappa shape index (κ3) is 7.30. The van der Waals surface area contributed by atoms with E-state index in [1.165, 1.54) is 0 Å². The van der Waals surface area contributed by atoms with E-state index in [9.17, 15) is 13.2 Å². The normalized spacial score (nSPS) is 11.4. The number of hydrogen-bond acceptors (Lipinski definition) is 5. The minimum Gasteiger partial charge on any atom is -0.468 e. The number of furan rings is 1. The van der Waals surface area contributed by atoms with Gasteiger partial charge in [-0.15, -0.1) is 0 Å². The number of carbonyl (C=O) groups is 1. The average molecular weight is 411 g/mol. The molecular weight excluding hydrogens is 384 g/mol. The Kier molecular flexibility index (Phi) is 7.79. The molecule has 0 unspecified atom stereocenters. The number of amides is 1. The van der Waals surface area contributed by atoms with Crippen molar-refractivity contribution in [2.24, 2.45) is 0 Å². The van der Waals surface area contributed by atoms with E-state index in [0.29, 0.717) is 12.2 Å². The average Bonchev–Trinajstić information content (AvgIpc) is 3.07. The number of hydrogen-bond donors (Lipinski definition) is 1. The van der Waals surface area contributed by atoms with Gasteiger partial charge in [0.05, 0.1) is 24.0 Å². The van der Waals surface area contributed by atoms with Gasteiger partial charge in [0, 0.05) is 6.54 Å². The van der Waals surface area contributed by atoms with Crippen molar-refractivity contribution >= 4 is 33.4 Å². The smallest absolute Gasteiger partial charge is 0.240 e. The summed E-state index contributed by atoms with van der Waals surface area (Å²) in [4.78, 5) is 12.2. The van der Waals surface area contributed by atoms with Crippen LogP contribution in [0.1, 0.15) is 23.3 Å². The third-order valence-electron chi connectivity index (χ3n) is 3.79. The Balaban J connectivity index is 1.81. The highest BCUT2D eigenvalue weighted by Crippen LogP contribution is 2.21. The van der Waals surface area contributed by atoms with Crippen molar-refractivity contribution < 1.29 is 17.6 Å². The molecule has 1 aromatic carbocycles. The molecule has 0 aliphatic rings. The van der Waals surface area contributed by atoms with E-state index < -0.39 is 10.0 Å². The van der Waals surface area contributed by atoms with Gasteiger partial charge in [0.15, 0.2) is 0 Å². The molecule has 0 atom stereocenters. The standard InChI is InChI=1S/C19H26N2O4S2/c1-15-10-16(2)12-17(11-15)21(27(3,23)24)13-19(22)20-7-5-9-26-14-18-6-4-8-25-18/h4,6,8,10-12H,5,7,9,13-14H2,1-3H3,(H,20,22). The van der Waals surface area contributed by atoms with Crippen LogP contribution in [0, 0.1) is 13.8 Å². The van der Waals surface area contributed by atoms with Gasteiger partial charge in [-0.1, -0.05) is 6.07 Å². The molecule has 0 radical (unpaired) electrons. The SMILES string of the molecule is Cc1cc(C)cc(N(CC(=O)NCCCSCc2ccco2)S(C)(=O)=O)c1. The van der Waals surface area contributed by atoms with Crippen LogP contribution in [0.15, 0.2) is 41.0 Å². The molecule has 0 aliphatic carbocycles. The van der Waals surface area contributed by atoms with Crippen molar-refractivity contribution in [3.8, 4) is 0 Å². The molecule has 1 N–H and O–H groups in total. The van der Waals surface area contributed by atoms with Crippen LogP contribution in [0.25, 0.3) is 0 Å². The summed E-state index contributed by atoms with van der Waals surface area (Å²) in [6, 6.07) is 9.30. The summed E-state index contributed by atoms with van der Waals surface area (Å²) in [5.41, 5.74) is 2.42. The molecule has 1 aromatic heterocycles. The highest BCUT2D eigenvalue weighted by atomic mass is 32.2. The largest absolute Gasteiger partial charge is 0.468 e. The summed E-state index contributed by atoms with van der Waals surface area (Å²) >= 11 is 1.73. The first-order valence-corrected chi connectivity index (χ1v) is 11.7. The molecule has 1 amide bonds. The van der Waals surface area contributed by atoms with E-state index in [0.717, 1.165) is 45.4 Å². The fourth-order valence-electron chi connectivity index (χ4n) is 2.65. The maximum Gasteiger partial charge on any atom is 0.240 e. The molecule has 148 valence electrons. The van der Waals surface area contributed by atoms with Gasteiger partial charge in [-0.2, -0.15) is 11.8 Å². The van der Waals surface area contributed by atoms with Gasteiger partial charge in [-0.05, 0) is 61.4 Å². The number of sulfonamides is 1.